The second-order valence-corrected chi connectivity index (χ2v) is 8.47. The fourth-order valence-electron chi connectivity index (χ4n) is 2.99. The number of rotatable bonds is 6. The van der Waals surface area contributed by atoms with Crippen molar-refractivity contribution in [2.24, 2.45) is 0 Å². The molecule has 0 saturated carbocycles. The van der Waals surface area contributed by atoms with Crippen LogP contribution in [0.3, 0.4) is 0 Å². The maximum absolute atomic E-state index is 12.4. The smallest absolute Gasteiger partial charge is 0.230 e. The highest BCUT2D eigenvalue weighted by atomic mass is 32.2. The molecule has 9 heteroatoms. The van der Waals surface area contributed by atoms with Gasteiger partial charge < -0.3 is 0 Å². The summed E-state index contributed by atoms with van der Waals surface area (Å²) in [5.74, 6) is 0.535. The molecule has 0 aliphatic heterocycles. The number of aromatic nitrogens is 5. The van der Waals surface area contributed by atoms with E-state index < -0.39 is 0 Å². The van der Waals surface area contributed by atoms with Gasteiger partial charge in [0.15, 0.2) is 5.13 Å². The van der Waals surface area contributed by atoms with Gasteiger partial charge in [-0.05, 0) is 53.6 Å². The largest absolute Gasteiger partial charge is 0.274 e. The first kappa shape index (κ1) is 20.2. The molecule has 0 N–H and O–H groups in total. The van der Waals surface area contributed by atoms with Crippen LogP contribution in [0.5, 0.6) is 0 Å². The summed E-state index contributed by atoms with van der Waals surface area (Å²) in [4.78, 5) is 18.8. The normalized spacial score (nSPS) is 10.9. The molecule has 2 aromatic carbocycles. The monoisotopic (exact) mass is 436 g/mol. The van der Waals surface area contributed by atoms with Crippen LogP contribution >= 0.6 is 23.1 Å². The quantitative estimate of drug-likeness (QED) is 0.407. The summed E-state index contributed by atoms with van der Waals surface area (Å²) in [6.07, 6.45) is 0. The van der Waals surface area contributed by atoms with Crippen LogP contribution in [0.1, 0.15) is 23.7 Å². The van der Waals surface area contributed by atoms with Crippen LogP contribution in [0.2, 0.25) is 0 Å². The number of anilines is 2. The molecule has 4 aromatic rings. The zero-order valence-electron chi connectivity index (χ0n) is 16.8. The van der Waals surface area contributed by atoms with E-state index in [4.69, 9.17) is 4.98 Å². The van der Waals surface area contributed by atoms with E-state index in [0.717, 1.165) is 28.2 Å². The van der Waals surface area contributed by atoms with Gasteiger partial charge in [-0.15, -0.1) is 16.4 Å². The fraction of sp³-hybridized carbons (Fsp3) is 0.190. The van der Waals surface area contributed by atoms with Crippen LogP contribution in [0.15, 0.2) is 59.1 Å². The van der Waals surface area contributed by atoms with Crippen molar-refractivity contribution in [3.05, 3.63) is 70.7 Å². The number of aryl methyl sites for hydroxylation is 1. The van der Waals surface area contributed by atoms with Gasteiger partial charge in [0.25, 0.3) is 0 Å². The van der Waals surface area contributed by atoms with Crippen LogP contribution in [0.4, 0.5) is 10.8 Å². The molecule has 2 heterocycles. The fourth-order valence-corrected chi connectivity index (χ4v) is 4.76. The van der Waals surface area contributed by atoms with Crippen molar-refractivity contribution in [1.29, 1.82) is 0 Å². The van der Waals surface area contributed by atoms with E-state index in [9.17, 15) is 4.79 Å². The first-order chi connectivity index (χ1) is 14.5. The summed E-state index contributed by atoms with van der Waals surface area (Å²) in [6, 6.07) is 15.7. The number of hydrogen-bond donors (Lipinski definition) is 0. The Bertz CT molecular complexity index is 1170. The zero-order chi connectivity index (χ0) is 21.1. The Kier molecular flexibility index (Phi) is 5.91. The van der Waals surface area contributed by atoms with Gasteiger partial charge in [-0.25, -0.2) is 4.98 Å². The Balaban J connectivity index is 1.54. The Morgan fingerprint density at radius 3 is 2.70 bits per heavy atom. The molecule has 0 radical (unpaired) electrons. The lowest BCUT2D eigenvalue weighted by Gasteiger charge is -2.21. The molecule has 0 fully saturated rings. The van der Waals surface area contributed by atoms with Gasteiger partial charge >= 0.3 is 0 Å². The number of carbonyl (C=O) groups excluding carboxylic acids is 1. The first-order valence-corrected chi connectivity index (χ1v) is 11.2. The van der Waals surface area contributed by atoms with E-state index in [1.54, 1.807) is 16.5 Å². The molecule has 7 nitrogen and oxygen atoms in total. The minimum absolute atomic E-state index is 0.0646. The molecule has 152 valence electrons. The summed E-state index contributed by atoms with van der Waals surface area (Å²) in [5.41, 5.74) is 4.85. The number of benzene rings is 2. The minimum atomic E-state index is -0.0646. The highest BCUT2D eigenvalue weighted by Crippen LogP contribution is 2.33. The van der Waals surface area contributed by atoms with Crippen LogP contribution in [0.25, 0.3) is 5.69 Å². The molecule has 4 rings (SSSR count). The third-order valence-electron chi connectivity index (χ3n) is 4.65. The van der Waals surface area contributed by atoms with E-state index in [0.29, 0.717) is 16.0 Å². The van der Waals surface area contributed by atoms with Crippen molar-refractivity contribution in [2.75, 3.05) is 4.90 Å². The molecular formula is C21H20N6OS2. The van der Waals surface area contributed by atoms with E-state index >= 15 is 0 Å². The number of tetrazole rings is 1. The van der Waals surface area contributed by atoms with Gasteiger partial charge in [0, 0.05) is 18.1 Å². The van der Waals surface area contributed by atoms with Crippen molar-refractivity contribution >= 4 is 39.8 Å². The summed E-state index contributed by atoms with van der Waals surface area (Å²) in [5, 5.41) is 15.3. The molecule has 0 spiro atoms. The Hall–Kier alpha value is -3.04. The lowest BCUT2D eigenvalue weighted by molar-refractivity contribution is -0.115. The molecule has 2 aromatic heterocycles. The summed E-state index contributed by atoms with van der Waals surface area (Å²) >= 11 is 2.96. The third kappa shape index (κ3) is 4.12. The first-order valence-electron chi connectivity index (χ1n) is 9.32. The van der Waals surface area contributed by atoms with Gasteiger partial charge in [-0.2, -0.15) is 4.68 Å². The van der Waals surface area contributed by atoms with Crippen LogP contribution in [0, 0.1) is 13.8 Å². The van der Waals surface area contributed by atoms with Crippen LogP contribution in [-0.4, -0.2) is 31.1 Å². The Morgan fingerprint density at radius 1 is 1.13 bits per heavy atom. The summed E-state index contributed by atoms with van der Waals surface area (Å²) in [6.45, 7) is 5.62. The molecule has 0 atom stereocenters. The zero-order valence-corrected chi connectivity index (χ0v) is 18.4. The lowest BCUT2D eigenvalue weighted by Crippen LogP contribution is -2.23. The minimum Gasteiger partial charge on any atom is -0.274 e. The molecule has 30 heavy (non-hydrogen) atoms. The predicted molar refractivity (Wildman–Crippen MR) is 120 cm³/mol. The summed E-state index contributed by atoms with van der Waals surface area (Å²) < 4.78 is 1.70. The average molecular weight is 437 g/mol. The molecule has 0 bridgehead atoms. The van der Waals surface area contributed by atoms with Crippen molar-refractivity contribution in [1.82, 2.24) is 25.2 Å². The Labute approximate surface area is 182 Å². The van der Waals surface area contributed by atoms with E-state index in [-0.39, 0.29) is 5.91 Å². The number of para-hydroxylation sites is 1. The molecule has 1 amide bonds. The number of amides is 1. The second-order valence-electron chi connectivity index (χ2n) is 6.69. The average Bonchev–Trinajstić information content (AvgIpc) is 3.40. The van der Waals surface area contributed by atoms with Gasteiger partial charge in [0.05, 0.1) is 17.1 Å². The highest BCUT2D eigenvalue weighted by Gasteiger charge is 2.20. The van der Waals surface area contributed by atoms with Crippen molar-refractivity contribution < 1.29 is 4.79 Å². The van der Waals surface area contributed by atoms with Crippen molar-refractivity contribution in [2.45, 2.75) is 31.7 Å². The maximum atomic E-state index is 12.4. The van der Waals surface area contributed by atoms with Crippen molar-refractivity contribution in [3.63, 3.8) is 0 Å². The topological polar surface area (TPSA) is 76.8 Å². The van der Waals surface area contributed by atoms with E-state index in [2.05, 4.69) is 15.5 Å². The number of carbonyl (C=O) groups is 1. The number of hydrogen-bond acceptors (Lipinski definition) is 7. The second kappa shape index (κ2) is 8.76. The molecule has 0 unspecified atom stereocenters. The number of thiazole rings is 1. The molecule has 0 aliphatic rings. The standard InChI is InChI=1S/C21H20N6OS2/c1-14-8-7-11-19(15(14)2)26(16(3)28)20-22-17(12-29-20)13-30-21-23-24-25-27(21)18-9-5-4-6-10-18/h4-12H,13H2,1-3H3. The molecular weight excluding hydrogens is 416 g/mol. The summed E-state index contributed by atoms with van der Waals surface area (Å²) in [7, 11) is 0. The maximum Gasteiger partial charge on any atom is 0.230 e. The van der Waals surface area contributed by atoms with Crippen molar-refractivity contribution in [3.8, 4) is 5.69 Å². The third-order valence-corrected chi connectivity index (χ3v) is 6.48. The molecule has 0 saturated heterocycles. The molecule has 0 aliphatic carbocycles. The van der Waals surface area contributed by atoms with Gasteiger partial charge in [0.2, 0.25) is 11.1 Å². The van der Waals surface area contributed by atoms with Crippen LogP contribution < -0.4 is 4.90 Å². The van der Waals surface area contributed by atoms with Crippen LogP contribution in [-0.2, 0) is 10.5 Å². The van der Waals surface area contributed by atoms with Gasteiger partial charge in [0.1, 0.15) is 0 Å². The van der Waals surface area contributed by atoms with Gasteiger partial charge in [-0.3, -0.25) is 9.69 Å². The lowest BCUT2D eigenvalue weighted by atomic mass is 10.1. The SMILES string of the molecule is CC(=O)N(c1nc(CSc2nnnn2-c2ccccc2)cs1)c1cccc(C)c1C. The van der Waals surface area contributed by atoms with E-state index in [1.807, 2.05) is 67.8 Å². The van der Waals surface area contributed by atoms with E-state index in [1.165, 1.54) is 23.1 Å². The highest BCUT2D eigenvalue weighted by molar-refractivity contribution is 7.98. The number of nitrogens with zero attached hydrogens (tertiary/aromatic N) is 6. The van der Waals surface area contributed by atoms with Gasteiger partial charge in [-0.1, -0.05) is 42.1 Å². The predicted octanol–water partition coefficient (Wildman–Crippen LogP) is 4.71. The number of thioether (sulfide) groups is 1. The Morgan fingerprint density at radius 2 is 1.93 bits per heavy atom.